The Balaban J connectivity index is 1.66. The van der Waals surface area contributed by atoms with Crippen molar-refractivity contribution < 1.29 is 0 Å². The SMILES string of the molecule is Clc1ccc([C@@H]2CCCN(Cc3cnc[nH]3)C2)cc1. The Labute approximate surface area is 118 Å². The molecule has 1 aliphatic heterocycles. The van der Waals surface area contributed by atoms with Gasteiger partial charge in [0.25, 0.3) is 0 Å². The Morgan fingerprint density at radius 1 is 1.32 bits per heavy atom. The van der Waals surface area contributed by atoms with Crippen LogP contribution in [-0.2, 0) is 6.54 Å². The van der Waals surface area contributed by atoms with Crippen molar-refractivity contribution in [2.45, 2.75) is 25.3 Å². The van der Waals surface area contributed by atoms with E-state index in [-0.39, 0.29) is 0 Å². The predicted octanol–water partition coefficient (Wildman–Crippen LogP) is 3.44. The van der Waals surface area contributed by atoms with Crippen LogP contribution in [0.4, 0.5) is 0 Å². The molecule has 2 aromatic rings. The fraction of sp³-hybridized carbons (Fsp3) is 0.400. The van der Waals surface area contributed by atoms with Crippen LogP contribution in [0.25, 0.3) is 0 Å². The number of aromatic amines is 1. The topological polar surface area (TPSA) is 31.9 Å². The molecule has 100 valence electrons. The number of H-pyrrole nitrogens is 1. The van der Waals surface area contributed by atoms with Crippen molar-refractivity contribution in [3.8, 4) is 0 Å². The van der Waals surface area contributed by atoms with Crippen LogP contribution in [0.3, 0.4) is 0 Å². The summed E-state index contributed by atoms with van der Waals surface area (Å²) in [5, 5.41) is 0.814. The van der Waals surface area contributed by atoms with Crippen molar-refractivity contribution in [1.29, 1.82) is 0 Å². The van der Waals surface area contributed by atoms with Gasteiger partial charge in [-0.15, -0.1) is 0 Å². The van der Waals surface area contributed by atoms with E-state index in [2.05, 4.69) is 27.0 Å². The lowest BCUT2D eigenvalue weighted by atomic mass is 9.90. The number of nitrogens with zero attached hydrogens (tertiary/aromatic N) is 2. The molecule has 0 spiro atoms. The van der Waals surface area contributed by atoms with Gasteiger partial charge in [0.05, 0.1) is 6.33 Å². The molecule has 0 saturated carbocycles. The van der Waals surface area contributed by atoms with Gasteiger partial charge in [0.2, 0.25) is 0 Å². The summed E-state index contributed by atoms with van der Waals surface area (Å²) in [6.45, 7) is 3.24. The Hall–Kier alpha value is -1.32. The number of nitrogens with one attached hydrogen (secondary N) is 1. The zero-order chi connectivity index (χ0) is 13.1. The summed E-state index contributed by atoms with van der Waals surface area (Å²) in [4.78, 5) is 9.75. The first kappa shape index (κ1) is 12.7. The lowest BCUT2D eigenvalue weighted by Crippen LogP contribution is -2.33. The molecule has 0 radical (unpaired) electrons. The largest absolute Gasteiger partial charge is 0.347 e. The monoisotopic (exact) mass is 275 g/mol. The molecule has 1 saturated heterocycles. The number of imidazole rings is 1. The molecule has 4 heteroatoms. The number of aromatic nitrogens is 2. The highest BCUT2D eigenvalue weighted by Crippen LogP contribution is 2.28. The van der Waals surface area contributed by atoms with Crippen LogP contribution in [0.5, 0.6) is 0 Å². The molecule has 1 fully saturated rings. The van der Waals surface area contributed by atoms with Gasteiger partial charge in [-0.25, -0.2) is 4.98 Å². The summed E-state index contributed by atoms with van der Waals surface area (Å²) < 4.78 is 0. The number of hydrogen-bond donors (Lipinski definition) is 1. The standard InChI is InChI=1S/C15H18ClN3/c16-14-5-3-12(4-6-14)13-2-1-7-19(9-13)10-15-8-17-11-18-15/h3-6,8,11,13H,1-2,7,9-10H2,(H,17,18)/t13-/m1/s1. The van der Waals surface area contributed by atoms with E-state index in [0.29, 0.717) is 5.92 Å². The minimum atomic E-state index is 0.619. The summed E-state index contributed by atoms with van der Waals surface area (Å²) in [6, 6.07) is 8.30. The minimum absolute atomic E-state index is 0.619. The van der Waals surface area contributed by atoms with E-state index in [9.17, 15) is 0 Å². The zero-order valence-corrected chi connectivity index (χ0v) is 11.6. The van der Waals surface area contributed by atoms with E-state index in [1.807, 2.05) is 18.3 Å². The van der Waals surface area contributed by atoms with Gasteiger partial charge in [0.15, 0.2) is 0 Å². The van der Waals surface area contributed by atoms with Gasteiger partial charge in [0.1, 0.15) is 0 Å². The Kier molecular flexibility index (Phi) is 3.85. The quantitative estimate of drug-likeness (QED) is 0.930. The van der Waals surface area contributed by atoms with Crippen LogP contribution in [0.15, 0.2) is 36.8 Å². The van der Waals surface area contributed by atoms with E-state index >= 15 is 0 Å². The molecule has 2 heterocycles. The lowest BCUT2D eigenvalue weighted by Gasteiger charge is -2.32. The highest BCUT2D eigenvalue weighted by Gasteiger charge is 2.21. The van der Waals surface area contributed by atoms with E-state index in [1.165, 1.54) is 30.6 Å². The van der Waals surface area contributed by atoms with Crippen LogP contribution in [0, 0.1) is 0 Å². The van der Waals surface area contributed by atoms with E-state index in [1.54, 1.807) is 6.33 Å². The second kappa shape index (κ2) is 5.76. The molecule has 1 atom stereocenters. The van der Waals surface area contributed by atoms with Gasteiger partial charge < -0.3 is 4.98 Å². The minimum Gasteiger partial charge on any atom is -0.347 e. The van der Waals surface area contributed by atoms with Crippen LogP contribution in [0.2, 0.25) is 5.02 Å². The van der Waals surface area contributed by atoms with Crippen molar-refractivity contribution in [3.05, 3.63) is 53.1 Å². The first-order chi connectivity index (χ1) is 9.31. The van der Waals surface area contributed by atoms with Crippen LogP contribution < -0.4 is 0 Å². The van der Waals surface area contributed by atoms with Crippen LogP contribution >= 0.6 is 11.6 Å². The fourth-order valence-corrected chi connectivity index (χ4v) is 2.94. The summed E-state index contributed by atoms with van der Waals surface area (Å²) >= 11 is 5.95. The maximum absolute atomic E-state index is 5.95. The number of halogens is 1. The molecule has 1 aromatic heterocycles. The Morgan fingerprint density at radius 2 is 2.16 bits per heavy atom. The number of benzene rings is 1. The molecular weight excluding hydrogens is 258 g/mol. The van der Waals surface area contributed by atoms with Crippen molar-refractivity contribution in [2.24, 2.45) is 0 Å². The fourth-order valence-electron chi connectivity index (χ4n) is 2.82. The second-order valence-electron chi connectivity index (χ2n) is 5.20. The van der Waals surface area contributed by atoms with Gasteiger partial charge in [-0.1, -0.05) is 23.7 Å². The third kappa shape index (κ3) is 3.17. The summed E-state index contributed by atoms with van der Waals surface area (Å²) in [6.07, 6.45) is 6.17. The maximum Gasteiger partial charge on any atom is 0.0922 e. The summed E-state index contributed by atoms with van der Waals surface area (Å²) in [5.41, 5.74) is 2.59. The molecule has 3 nitrogen and oxygen atoms in total. The van der Waals surface area contributed by atoms with Crippen LogP contribution in [-0.4, -0.2) is 28.0 Å². The highest BCUT2D eigenvalue weighted by atomic mass is 35.5. The molecule has 0 unspecified atom stereocenters. The van der Waals surface area contributed by atoms with Gasteiger partial charge in [0, 0.05) is 30.0 Å². The van der Waals surface area contributed by atoms with Gasteiger partial charge in [-0.2, -0.15) is 0 Å². The molecular formula is C15H18ClN3. The average molecular weight is 276 g/mol. The smallest absolute Gasteiger partial charge is 0.0922 e. The van der Waals surface area contributed by atoms with Crippen molar-refractivity contribution in [2.75, 3.05) is 13.1 Å². The number of hydrogen-bond acceptors (Lipinski definition) is 2. The number of rotatable bonds is 3. The number of piperidine rings is 1. The maximum atomic E-state index is 5.95. The van der Waals surface area contributed by atoms with Crippen molar-refractivity contribution in [1.82, 2.24) is 14.9 Å². The number of likely N-dealkylation sites (tertiary alicyclic amines) is 1. The first-order valence-electron chi connectivity index (χ1n) is 6.76. The second-order valence-corrected chi connectivity index (χ2v) is 5.64. The molecule has 1 aromatic carbocycles. The summed E-state index contributed by atoms with van der Waals surface area (Å²) in [5.74, 6) is 0.619. The van der Waals surface area contributed by atoms with Crippen LogP contribution in [0.1, 0.15) is 30.0 Å². The highest BCUT2D eigenvalue weighted by molar-refractivity contribution is 6.30. The van der Waals surface area contributed by atoms with Gasteiger partial charge in [-0.05, 0) is 43.0 Å². The lowest BCUT2D eigenvalue weighted by molar-refractivity contribution is 0.198. The Bertz CT molecular complexity index is 507. The van der Waals surface area contributed by atoms with Gasteiger partial charge >= 0.3 is 0 Å². The van der Waals surface area contributed by atoms with Gasteiger partial charge in [-0.3, -0.25) is 4.90 Å². The summed E-state index contributed by atoms with van der Waals surface area (Å²) in [7, 11) is 0. The molecule has 0 bridgehead atoms. The van der Waals surface area contributed by atoms with Crippen molar-refractivity contribution in [3.63, 3.8) is 0 Å². The molecule has 1 aliphatic rings. The first-order valence-corrected chi connectivity index (χ1v) is 7.14. The molecule has 19 heavy (non-hydrogen) atoms. The zero-order valence-electron chi connectivity index (χ0n) is 10.8. The molecule has 0 aliphatic carbocycles. The van der Waals surface area contributed by atoms with E-state index < -0.39 is 0 Å². The molecule has 3 rings (SSSR count). The van der Waals surface area contributed by atoms with E-state index in [0.717, 1.165) is 18.1 Å². The third-order valence-corrected chi connectivity index (χ3v) is 4.05. The normalized spacial score (nSPS) is 20.6. The third-order valence-electron chi connectivity index (χ3n) is 3.80. The molecule has 0 amide bonds. The average Bonchev–Trinajstić information content (AvgIpc) is 2.93. The Morgan fingerprint density at radius 3 is 2.89 bits per heavy atom. The van der Waals surface area contributed by atoms with E-state index in [4.69, 9.17) is 11.6 Å². The van der Waals surface area contributed by atoms with Crippen molar-refractivity contribution >= 4 is 11.6 Å². The predicted molar refractivity (Wildman–Crippen MR) is 77.3 cm³/mol. The molecule has 1 N–H and O–H groups in total.